The third-order valence-electron chi connectivity index (χ3n) is 3.01. The number of urea groups is 1. The van der Waals surface area contributed by atoms with Gasteiger partial charge in [-0.2, -0.15) is 10.1 Å². The highest BCUT2D eigenvalue weighted by Gasteiger charge is 2.13. The Morgan fingerprint density at radius 2 is 2.10 bits per heavy atom. The second kappa shape index (κ2) is 7.46. The summed E-state index contributed by atoms with van der Waals surface area (Å²) in [6.07, 6.45) is 3.43. The van der Waals surface area contributed by atoms with Crippen molar-refractivity contribution in [2.75, 3.05) is 5.32 Å². The molecule has 1 heterocycles. The lowest BCUT2D eigenvalue weighted by Crippen LogP contribution is -2.36. The summed E-state index contributed by atoms with van der Waals surface area (Å²) in [7, 11) is 1.68. The third kappa shape index (κ3) is 5.25. The lowest BCUT2D eigenvalue weighted by molar-refractivity contribution is -0.141. The maximum absolute atomic E-state index is 11.7. The molecule has 0 aliphatic heterocycles. The first kappa shape index (κ1) is 15.9. The fraction of sp³-hybridized carbons (Fsp3) is 0.667. The molecule has 2 unspecified atom stereocenters. The molecule has 0 aliphatic rings. The first-order valence-corrected chi connectivity index (χ1v) is 6.54. The number of nitrogens with zero attached hydrogens (tertiary/aromatic N) is 3. The Bertz CT molecular complexity index is 460. The van der Waals surface area contributed by atoms with Crippen molar-refractivity contribution < 1.29 is 14.7 Å². The summed E-state index contributed by atoms with van der Waals surface area (Å²) in [4.78, 5) is 26.2. The van der Waals surface area contributed by atoms with Gasteiger partial charge in [0, 0.05) is 13.1 Å². The van der Waals surface area contributed by atoms with E-state index in [1.807, 2.05) is 6.92 Å². The maximum Gasteiger partial charge on any atom is 0.321 e. The number of aromatic nitrogens is 3. The molecule has 112 valence electrons. The highest BCUT2D eigenvalue weighted by atomic mass is 16.4. The van der Waals surface area contributed by atoms with E-state index in [2.05, 4.69) is 20.7 Å². The Balaban J connectivity index is 2.25. The zero-order chi connectivity index (χ0) is 15.1. The predicted octanol–water partition coefficient (Wildman–Crippen LogP) is 1.22. The van der Waals surface area contributed by atoms with Gasteiger partial charge in [-0.1, -0.05) is 13.3 Å². The zero-order valence-electron chi connectivity index (χ0n) is 12.0. The third-order valence-corrected chi connectivity index (χ3v) is 3.01. The minimum absolute atomic E-state index is 0.0378. The van der Waals surface area contributed by atoms with E-state index < -0.39 is 5.97 Å². The molecule has 2 amide bonds. The van der Waals surface area contributed by atoms with Gasteiger partial charge in [0.1, 0.15) is 6.33 Å². The molecule has 1 rings (SSSR count). The van der Waals surface area contributed by atoms with E-state index in [0.29, 0.717) is 12.4 Å². The van der Waals surface area contributed by atoms with Crippen LogP contribution in [-0.4, -0.2) is 37.9 Å². The number of carbonyl (C=O) groups is 2. The zero-order valence-corrected chi connectivity index (χ0v) is 12.0. The van der Waals surface area contributed by atoms with Crippen molar-refractivity contribution in [3.8, 4) is 0 Å². The fourth-order valence-corrected chi connectivity index (χ4v) is 1.70. The Morgan fingerprint density at radius 1 is 1.40 bits per heavy atom. The normalized spacial score (nSPS) is 13.6. The van der Waals surface area contributed by atoms with Crippen LogP contribution in [-0.2, 0) is 11.8 Å². The molecule has 0 radical (unpaired) electrons. The summed E-state index contributed by atoms with van der Waals surface area (Å²) >= 11 is 0. The van der Waals surface area contributed by atoms with Crippen LogP contribution in [0.1, 0.15) is 33.1 Å². The quantitative estimate of drug-likeness (QED) is 0.697. The van der Waals surface area contributed by atoms with Crippen molar-refractivity contribution in [1.29, 1.82) is 0 Å². The van der Waals surface area contributed by atoms with Crippen molar-refractivity contribution >= 4 is 17.9 Å². The standard InChI is InChI=1S/C12H21N5O3/c1-8(10(18)19)5-4-6-9(2)15-12(20)16-11-13-7-14-17(11)3/h7-9H,4-6H2,1-3H3,(H,18,19)(H2,13,14,15,16,20). The molecular weight excluding hydrogens is 262 g/mol. The van der Waals surface area contributed by atoms with E-state index in [0.717, 1.165) is 12.8 Å². The van der Waals surface area contributed by atoms with Crippen molar-refractivity contribution in [3.63, 3.8) is 0 Å². The molecule has 0 bridgehead atoms. The summed E-state index contributed by atoms with van der Waals surface area (Å²) in [5.74, 6) is -0.769. The smallest absolute Gasteiger partial charge is 0.321 e. The Labute approximate surface area is 117 Å². The van der Waals surface area contributed by atoms with Crippen LogP contribution in [0.4, 0.5) is 10.7 Å². The van der Waals surface area contributed by atoms with Gasteiger partial charge in [0.2, 0.25) is 5.95 Å². The van der Waals surface area contributed by atoms with Gasteiger partial charge in [-0.05, 0) is 19.8 Å². The molecule has 0 spiro atoms. The number of aryl methyl sites for hydroxylation is 1. The first-order chi connectivity index (χ1) is 9.40. The number of hydrogen-bond acceptors (Lipinski definition) is 4. The number of rotatable bonds is 7. The molecule has 1 aromatic rings. The van der Waals surface area contributed by atoms with Crippen LogP contribution in [0.2, 0.25) is 0 Å². The van der Waals surface area contributed by atoms with E-state index in [4.69, 9.17) is 5.11 Å². The molecule has 0 aliphatic carbocycles. The highest BCUT2D eigenvalue weighted by molar-refractivity contribution is 5.87. The van der Waals surface area contributed by atoms with Gasteiger partial charge >= 0.3 is 12.0 Å². The van der Waals surface area contributed by atoms with Gasteiger partial charge in [-0.15, -0.1) is 0 Å². The van der Waals surface area contributed by atoms with E-state index in [1.54, 1.807) is 14.0 Å². The molecule has 0 saturated carbocycles. The maximum atomic E-state index is 11.7. The number of carbonyl (C=O) groups excluding carboxylic acids is 1. The van der Waals surface area contributed by atoms with Gasteiger partial charge in [0.15, 0.2) is 0 Å². The largest absolute Gasteiger partial charge is 0.481 e. The SMILES string of the molecule is CC(CCCC(C)C(=O)O)NC(=O)Nc1ncnn1C. The number of amides is 2. The van der Waals surface area contributed by atoms with Gasteiger partial charge in [0.05, 0.1) is 5.92 Å². The van der Waals surface area contributed by atoms with Crippen molar-refractivity contribution in [1.82, 2.24) is 20.1 Å². The van der Waals surface area contributed by atoms with Crippen molar-refractivity contribution in [3.05, 3.63) is 6.33 Å². The number of aliphatic carboxylic acids is 1. The van der Waals surface area contributed by atoms with Crippen LogP contribution >= 0.6 is 0 Å². The van der Waals surface area contributed by atoms with Gasteiger partial charge < -0.3 is 10.4 Å². The van der Waals surface area contributed by atoms with Crippen LogP contribution < -0.4 is 10.6 Å². The molecule has 1 aromatic heterocycles. The molecule has 0 saturated heterocycles. The Kier molecular flexibility index (Phi) is 5.95. The Morgan fingerprint density at radius 3 is 2.65 bits per heavy atom. The summed E-state index contributed by atoms with van der Waals surface area (Å²) in [5, 5.41) is 18.0. The monoisotopic (exact) mass is 283 g/mol. The lowest BCUT2D eigenvalue weighted by atomic mass is 10.0. The average Bonchev–Trinajstić information content (AvgIpc) is 2.74. The van der Waals surface area contributed by atoms with Crippen molar-refractivity contribution in [2.45, 2.75) is 39.2 Å². The minimum Gasteiger partial charge on any atom is -0.481 e. The molecule has 3 N–H and O–H groups in total. The Hall–Kier alpha value is -2.12. The number of nitrogens with one attached hydrogen (secondary N) is 2. The summed E-state index contributed by atoms with van der Waals surface area (Å²) in [6, 6.07) is -0.385. The van der Waals surface area contributed by atoms with Crippen molar-refractivity contribution in [2.24, 2.45) is 13.0 Å². The van der Waals surface area contributed by atoms with E-state index in [9.17, 15) is 9.59 Å². The number of carboxylic acid groups (broad SMARTS) is 1. The average molecular weight is 283 g/mol. The number of hydrogen-bond donors (Lipinski definition) is 3. The number of anilines is 1. The minimum atomic E-state index is -0.786. The molecule has 8 nitrogen and oxygen atoms in total. The lowest BCUT2D eigenvalue weighted by Gasteiger charge is -2.14. The van der Waals surface area contributed by atoms with Crippen LogP contribution in [0.15, 0.2) is 6.33 Å². The second-order valence-electron chi connectivity index (χ2n) is 4.88. The highest BCUT2D eigenvalue weighted by Crippen LogP contribution is 2.09. The molecule has 20 heavy (non-hydrogen) atoms. The van der Waals surface area contributed by atoms with Gasteiger partial charge in [0.25, 0.3) is 0 Å². The van der Waals surface area contributed by atoms with E-state index in [1.165, 1.54) is 11.0 Å². The van der Waals surface area contributed by atoms with Crippen LogP contribution in [0.3, 0.4) is 0 Å². The van der Waals surface area contributed by atoms with Gasteiger partial charge in [-0.3, -0.25) is 10.1 Å². The summed E-state index contributed by atoms with van der Waals surface area (Å²) in [5.41, 5.74) is 0. The molecule has 0 fully saturated rings. The topological polar surface area (TPSA) is 109 Å². The predicted molar refractivity (Wildman–Crippen MR) is 73.3 cm³/mol. The summed E-state index contributed by atoms with van der Waals surface area (Å²) < 4.78 is 1.46. The van der Waals surface area contributed by atoms with Crippen LogP contribution in [0, 0.1) is 5.92 Å². The van der Waals surface area contributed by atoms with E-state index >= 15 is 0 Å². The van der Waals surface area contributed by atoms with Crippen LogP contribution in [0.5, 0.6) is 0 Å². The molecule has 8 heteroatoms. The summed E-state index contributed by atoms with van der Waals surface area (Å²) in [6.45, 7) is 3.56. The van der Waals surface area contributed by atoms with Gasteiger partial charge in [-0.25, -0.2) is 9.48 Å². The second-order valence-corrected chi connectivity index (χ2v) is 4.88. The molecule has 0 aromatic carbocycles. The van der Waals surface area contributed by atoms with Crippen LogP contribution in [0.25, 0.3) is 0 Å². The van der Waals surface area contributed by atoms with E-state index in [-0.39, 0.29) is 18.0 Å². The first-order valence-electron chi connectivity index (χ1n) is 6.54. The number of carboxylic acids is 1. The fourth-order valence-electron chi connectivity index (χ4n) is 1.70. The molecular formula is C12H21N5O3. The molecule has 2 atom stereocenters.